The molecule has 1 aliphatic rings. The summed E-state index contributed by atoms with van der Waals surface area (Å²) in [7, 11) is 1.68. The first-order valence-electron chi connectivity index (χ1n) is 5.99. The molecule has 16 heavy (non-hydrogen) atoms. The highest BCUT2D eigenvalue weighted by Gasteiger charge is 2.15. The molecule has 0 aromatic heterocycles. The molecule has 1 rings (SSSR count). The van der Waals surface area contributed by atoms with Crippen molar-refractivity contribution in [1.82, 2.24) is 9.80 Å². The molecule has 0 spiro atoms. The van der Waals surface area contributed by atoms with Gasteiger partial charge in [0.2, 0.25) is 0 Å². The lowest BCUT2D eigenvalue weighted by molar-refractivity contribution is 0.0442. The number of β-amino-alcohol motifs (C(OH)–C–C–N with tert-alkyl or cyclic N) is 1. The van der Waals surface area contributed by atoms with Gasteiger partial charge >= 0.3 is 0 Å². The molecule has 1 saturated heterocycles. The number of ether oxygens (including phenoxy) is 2. The van der Waals surface area contributed by atoms with Crippen molar-refractivity contribution in [2.45, 2.75) is 0 Å². The van der Waals surface area contributed by atoms with Gasteiger partial charge in [-0.25, -0.2) is 0 Å². The highest BCUT2D eigenvalue weighted by molar-refractivity contribution is 4.71. The fourth-order valence-electron chi connectivity index (χ4n) is 1.82. The second-order valence-corrected chi connectivity index (χ2v) is 4.01. The Morgan fingerprint density at radius 3 is 2.12 bits per heavy atom. The maximum absolute atomic E-state index is 8.82. The van der Waals surface area contributed by atoms with Gasteiger partial charge in [0.05, 0.1) is 26.4 Å². The lowest BCUT2D eigenvalue weighted by Gasteiger charge is -2.34. The number of aliphatic hydroxyl groups excluding tert-OH is 1. The molecule has 5 heteroatoms. The third-order valence-corrected chi connectivity index (χ3v) is 2.86. The predicted octanol–water partition coefficient (Wildman–Crippen LogP) is -0.741. The van der Waals surface area contributed by atoms with Crippen molar-refractivity contribution in [2.75, 3.05) is 72.8 Å². The molecule has 1 aliphatic heterocycles. The van der Waals surface area contributed by atoms with Crippen LogP contribution >= 0.6 is 0 Å². The van der Waals surface area contributed by atoms with Crippen molar-refractivity contribution in [2.24, 2.45) is 0 Å². The zero-order valence-electron chi connectivity index (χ0n) is 10.2. The summed E-state index contributed by atoms with van der Waals surface area (Å²) >= 11 is 0. The van der Waals surface area contributed by atoms with E-state index in [2.05, 4.69) is 9.80 Å². The number of aliphatic hydroxyl groups is 1. The molecule has 5 nitrogen and oxygen atoms in total. The zero-order valence-corrected chi connectivity index (χ0v) is 10.2. The van der Waals surface area contributed by atoms with E-state index in [0.717, 1.165) is 45.9 Å². The Hall–Kier alpha value is -0.200. The average molecular weight is 232 g/mol. The first-order chi connectivity index (χ1) is 7.86. The van der Waals surface area contributed by atoms with E-state index < -0.39 is 0 Å². The summed E-state index contributed by atoms with van der Waals surface area (Å²) in [6.45, 7) is 8.46. The molecular weight excluding hydrogens is 208 g/mol. The third kappa shape index (κ3) is 5.77. The Kier molecular flexibility index (Phi) is 7.71. The first kappa shape index (κ1) is 13.9. The smallest absolute Gasteiger partial charge is 0.0700 e. The van der Waals surface area contributed by atoms with Gasteiger partial charge in [-0.05, 0) is 0 Å². The standard InChI is InChI=1S/C11H24N2O3/c1-15-10-11-16-9-7-13-4-2-12(3-5-13)6-8-14/h14H,2-11H2,1H3. The summed E-state index contributed by atoms with van der Waals surface area (Å²) in [5.74, 6) is 0. The molecule has 0 aliphatic carbocycles. The van der Waals surface area contributed by atoms with Crippen molar-refractivity contribution in [3.05, 3.63) is 0 Å². The molecule has 0 atom stereocenters. The maximum atomic E-state index is 8.82. The van der Waals surface area contributed by atoms with Crippen LogP contribution in [0.2, 0.25) is 0 Å². The van der Waals surface area contributed by atoms with E-state index in [4.69, 9.17) is 14.6 Å². The molecule has 1 heterocycles. The Balaban J connectivity index is 1.95. The summed E-state index contributed by atoms with van der Waals surface area (Å²) in [6.07, 6.45) is 0. The lowest BCUT2D eigenvalue weighted by atomic mass is 10.3. The van der Waals surface area contributed by atoms with Gasteiger partial charge in [-0.2, -0.15) is 0 Å². The second kappa shape index (κ2) is 8.90. The van der Waals surface area contributed by atoms with E-state index in [-0.39, 0.29) is 6.61 Å². The highest BCUT2D eigenvalue weighted by atomic mass is 16.5. The molecule has 0 bridgehead atoms. The Morgan fingerprint density at radius 2 is 1.56 bits per heavy atom. The first-order valence-corrected chi connectivity index (χ1v) is 5.99. The van der Waals surface area contributed by atoms with Gasteiger partial charge in [0.15, 0.2) is 0 Å². The van der Waals surface area contributed by atoms with Gasteiger partial charge in [0, 0.05) is 46.4 Å². The normalized spacial score (nSPS) is 19.1. The van der Waals surface area contributed by atoms with Gasteiger partial charge in [-0.3, -0.25) is 9.80 Å². The molecule has 0 unspecified atom stereocenters. The molecular formula is C11H24N2O3. The van der Waals surface area contributed by atoms with E-state index in [1.807, 2.05) is 0 Å². The van der Waals surface area contributed by atoms with Crippen LogP contribution in [-0.4, -0.2) is 87.7 Å². The van der Waals surface area contributed by atoms with Crippen molar-refractivity contribution in [3.8, 4) is 0 Å². The molecule has 1 N–H and O–H groups in total. The summed E-state index contributed by atoms with van der Waals surface area (Å²) in [5.41, 5.74) is 0. The number of hydrogen-bond donors (Lipinski definition) is 1. The van der Waals surface area contributed by atoms with Crippen molar-refractivity contribution >= 4 is 0 Å². The quantitative estimate of drug-likeness (QED) is 0.558. The summed E-state index contributed by atoms with van der Waals surface area (Å²) < 4.78 is 10.3. The number of hydrogen-bond acceptors (Lipinski definition) is 5. The number of nitrogens with zero attached hydrogens (tertiary/aromatic N) is 2. The predicted molar refractivity (Wildman–Crippen MR) is 62.7 cm³/mol. The molecule has 96 valence electrons. The van der Waals surface area contributed by atoms with Crippen LogP contribution in [0.3, 0.4) is 0 Å². The monoisotopic (exact) mass is 232 g/mol. The van der Waals surface area contributed by atoms with Crippen LogP contribution in [0.5, 0.6) is 0 Å². The van der Waals surface area contributed by atoms with Crippen LogP contribution in [0.4, 0.5) is 0 Å². The van der Waals surface area contributed by atoms with Crippen LogP contribution in [0, 0.1) is 0 Å². The van der Waals surface area contributed by atoms with Crippen LogP contribution < -0.4 is 0 Å². The fraction of sp³-hybridized carbons (Fsp3) is 1.00. The van der Waals surface area contributed by atoms with Gasteiger partial charge in [0.1, 0.15) is 0 Å². The molecule has 0 amide bonds. The minimum atomic E-state index is 0.264. The Bertz CT molecular complexity index is 161. The van der Waals surface area contributed by atoms with Crippen LogP contribution in [-0.2, 0) is 9.47 Å². The van der Waals surface area contributed by atoms with Crippen LogP contribution in [0.1, 0.15) is 0 Å². The third-order valence-electron chi connectivity index (χ3n) is 2.86. The number of rotatable bonds is 8. The Labute approximate surface area is 97.9 Å². The lowest BCUT2D eigenvalue weighted by Crippen LogP contribution is -2.47. The number of piperazine rings is 1. The SMILES string of the molecule is COCCOCCN1CCN(CCO)CC1. The van der Waals surface area contributed by atoms with Gasteiger partial charge in [-0.15, -0.1) is 0 Å². The fourth-order valence-corrected chi connectivity index (χ4v) is 1.82. The average Bonchev–Trinajstić information content (AvgIpc) is 2.31. The van der Waals surface area contributed by atoms with E-state index in [0.29, 0.717) is 13.2 Å². The van der Waals surface area contributed by atoms with Crippen molar-refractivity contribution < 1.29 is 14.6 Å². The molecule has 0 aromatic rings. The molecule has 0 aromatic carbocycles. The van der Waals surface area contributed by atoms with Crippen LogP contribution in [0.15, 0.2) is 0 Å². The molecule has 1 fully saturated rings. The minimum Gasteiger partial charge on any atom is -0.395 e. The van der Waals surface area contributed by atoms with E-state index in [1.54, 1.807) is 7.11 Å². The topological polar surface area (TPSA) is 45.2 Å². The van der Waals surface area contributed by atoms with E-state index >= 15 is 0 Å². The summed E-state index contributed by atoms with van der Waals surface area (Å²) in [5, 5.41) is 8.82. The highest BCUT2D eigenvalue weighted by Crippen LogP contribution is 2.00. The van der Waals surface area contributed by atoms with E-state index in [1.165, 1.54) is 0 Å². The Morgan fingerprint density at radius 1 is 0.938 bits per heavy atom. The van der Waals surface area contributed by atoms with Gasteiger partial charge in [-0.1, -0.05) is 0 Å². The maximum Gasteiger partial charge on any atom is 0.0700 e. The molecule has 0 saturated carbocycles. The molecule has 0 radical (unpaired) electrons. The number of methoxy groups -OCH3 is 1. The van der Waals surface area contributed by atoms with E-state index in [9.17, 15) is 0 Å². The minimum absolute atomic E-state index is 0.264. The van der Waals surface area contributed by atoms with Gasteiger partial charge in [0.25, 0.3) is 0 Å². The van der Waals surface area contributed by atoms with Crippen molar-refractivity contribution in [3.63, 3.8) is 0 Å². The zero-order chi connectivity index (χ0) is 11.6. The second-order valence-electron chi connectivity index (χ2n) is 4.01. The summed E-state index contributed by atoms with van der Waals surface area (Å²) in [4.78, 5) is 4.70. The summed E-state index contributed by atoms with van der Waals surface area (Å²) in [6, 6.07) is 0. The largest absolute Gasteiger partial charge is 0.395 e. The van der Waals surface area contributed by atoms with Gasteiger partial charge < -0.3 is 14.6 Å². The van der Waals surface area contributed by atoms with Crippen LogP contribution in [0.25, 0.3) is 0 Å². The van der Waals surface area contributed by atoms with Crippen molar-refractivity contribution in [1.29, 1.82) is 0 Å².